The van der Waals surface area contributed by atoms with Crippen molar-refractivity contribution in [1.29, 1.82) is 0 Å². The van der Waals surface area contributed by atoms with Crippen molar-refractivity contribution in [2.45, 2.75) is 38.5 Å². The van der Waals surface area contributed by atoms with Crippen LogP contribution in [-0.4, -0.2) is 28.8 Å². The first kappa shape index (κ1) is 20.7. The highest BCUT2D eigenvalue weighted by Crippen LogP contribution is 2.43. The number of benzene rings is 2. The van der Waals surface area contributed by atoms with Crippen molar-refractivity contribution >= 4 is 17.9 Å². The van der Waals surface area contributed by atoms with Crippen LogP contribution in [0, 0.1) is 0 Å². The van der Waals surface area contributed by atoms with Gasteiger partial charge in [-0.15, -0.1) is 0 Å². The Morgan fingerprint density at radius 1 is 1.10 bits per heavy atom. The summed E-state index contributed by atoms with van der Waals surface area (Å²) in [6.07, 6.45) is 1.21. The molecule has 2 atom stereocenters. The molecule has 2 aromatic carbocycles. The topological polar surface area (TPSA) is 76.6 Å². The Morgan fingerprint density at radius 3 is 2.48 bits per heavy atom. The molecule has 1 fully saturated rings. The third-order valence-electron chi connectivity index (χ3n) is 5.43. The number of carbonyl (C=O) groups excluding carboxylic acids is 1. The van der Waals surface area contributed by atoms with Crippen LogP contribution in [0.1, 0.15) is 44.0 Å². The average Bonchev–Trinajstić information content (AvgIpc) is 3.02. The minimum absolute atomic E-state index is 0.0100. The zero-order chi connectivity index (χ0) is 22.0. The van der Waals surface area contributed by atoms with E-state index in [0.29, 0.717) is 11.8 Å². The van der Waals surface area contributed by atoms with Crippen LogP contribution in [0.25, 0.3) is 0 Å². The van der Waals surface area contributed by atoms with Gasteiger partial charge in [0.25, 0.3) is 0 Å². The van der Waals surface area contributed by atoms with Crippen LogP contribution >= 0.6 is 0 Å². The summed E-state index contributed by atoms with van der Waals surface area (Å²) in [6.45, 7) is 5.84. The summed E-state index contributed by atoms with van der Waals surface area (Å²) in [4.78, 5) is 23.4. The number of cyclic esters (lactones) is 1. The Bertz CT molecular complexity index is 1050. The van der Waals surface area contributed by atoms with Gasteiger partial charge in [-0.3, -0.25) is 0 Å². The fourth-order valence-electron chi connectivity index (χ4n) is 3.88. The van der Waals surface area contributed by atoms with Gasteiger partial charge in [0, 0.05) is 6.20 Å². The van der Waals surface area contributed by atoms with Crippen molar-refractivity contribution in [2.24, 2.45) is 0 Å². The van der Waals surface area contributed by atoms with E-state index in [9.17, 15) is 4.79 Å². The molecule has 4 rings (SSSR count). The minimum atomic E-state index is -0.735. The molecule has 0 spiro atoms. The van der Waals surface area contributed by atoms with Crippen molar-refractivity contribution in [3.05, 3.63) is 78.0 Å². The first-order chi connectivity index (χ1) is 14.9. The summed E-state index contributed by atoms with van der Waals surface area (Å²) in [5.41, 5.74) is 1.32. The highest BCUT2D eigenvalue weighted by atomic mass is 16.6. The number of hydrogen-bond acceptors (Lipinski definition) is 6. The first-order valence-corrected chi connectivity index (χ1v) is 10.2. The number of methoxy groups -OCH3 is 1. The van der Waals surface area contributed by atoms with Crippen molar-refractivity contribution < 1.29 is 14.3 Å². The molecule has 0 bridgehead atoms. The van der Waals surface area contributed by atoms with Crippen LogP contribution in [0.2, 0.25) is 0 Å². The van der Waals surface area contributed by atoms with Crippen LogP contribution in [-0.2, 0) is 4.74 Å². The number of hydrogen-bond donors (Lipinski definition) is 1. The smallest absolute Gasteiger partial charge is 0.416 e. The highest BCUT2D eigenvalue weighted by molar-refractivity contribution is 5.90. The molecule has 0 unspecified atom stereocenters. The number of anilines is 2. The van der Waals surface area contributed by atoms with Crippen molar-refractivity contribution in [3.8, 4) is 5.75 Å². The fourth-order valence-corrected chi connectivity index (χ4v) is 3.88. The Hall–Kier alpha value is -3.61. The number of rotatable bonds is 6. The second-order valence-corrected chi connectivity index (χ2v) is 8.03. The number of ether oxygens (including phenoxy) is 2. The molecule has 1 N–H and O–H groups in total. The summed E-state index contributed by atoms with van der Waals surface area (Å²) < 4.78 is 11.0. The van der Waals surface area contributed by atoms with Crippen molar-refractivity contribution in [2.75, 3.05) is 17.3 Å². The maximum absolute atomic E-state index is 12.9. The molecule has 1 saturated heterocycles. The lowest BCUT2D eigenvalue weighted by atomic mass is 9.91. The van der Waals surface area contributed by atoms with E-state index in [0.717, 1.165) is 16.9 Å². The van der Waals surface area contributed by atoms with Gasteiger partial charge in [-0.05, 0) is 50.1 Å². The number of nitrogens with one attached hydrogen (secondary N) is 1. The molecule has 1 amide bonds. The third-order valence-corrected chi connectivity index (χ3v) is 5.43. The molecule has 3 aromatic rings. The summed E-state index contributed by atoms with van der Waals surface area (Å²) in [5, 5.41) is 3.31. The maximum Gasteiger partial charge on any atom is 0.416 e. The number of aromatic nitrogens is 2. The molecule has 2 heterocycles. The molecule has 1 aromatic heterocycles. The molecular weight excluding hydrogens is 392 g/mol. The molecule has 7 nitrogen and oxygen atoms in total. The Morgan fingerprint density at radius 2 is 1.81 bits per heavy atom. The minimum Gasteiger partial charge on any atom is -0.497 e. The maximum atomic E-state index is 12.9. The Labute approximate surface area is 182 Å². The molecule has 31 heavy (non-hydrogen) atoms. The highest BCUT2D eigenvalue weighted by Gasteiger charge is 2.50. The van der Waals surface area contributed by atoms with Crippen LogP contribution in [0.4, 0.5) is 16.6 Å². The van der Waals surface area contributed by atoms with Gasteiger partial charge in [0.05, 0.1) is 13.2 Å². The van der Waals surface area contributed by atoms with E-state index < -0.39 is 11.7 Å². The van der Waals surface area contributed by atoms with Crippen LogP contribution < -0.4 is 15.0 Å². The quantitative estimate of drug-likeness (QED) is 0.598. The van der Waals surface area contributed by atoms with E-state index in [2.05, 4.69) is 15.3 Å². The summed E-state index contributed by atoms with van der Waals surface area (Å²) in [6, 6.07) is 19.1. The fraction of sp³-hybridized carbons (Fsp3) is 0.292. The third kappa shape index (κ3) is 4.17. The van der Waals surface area contributed by atoms with Crippen molar-refractivity contribution in [1.82, 2.24) is 9.97 Å². The van der Waals surface area contributed by atoms with Gasteiger partial charge in [-0.2, -0.15) is 4.98 Å². The molecule has 160 valence electrons. The van der Waals surface area contributed by atoms with E-state index in [1.165, 1.54) is 0 Å². The second-order valence-electron chi connectivity index (χ2n) is 8.03. The van der Waals surface area contributed by atoms with Gasteiger partial charge in [-0.1, -0.05) is 42.5 Å². The number of carbonyl (C=O) groups is 1. The largest absolute Gasteiger partial charge is 0.497 e. The SMILES string of the molecule is COc1ccc([C@H]2N(c3ccnc(N[C@@H](C)c4ccccc4)n3)C(=O)OC2(C)C)cc1. The summed E-state index contributed by atoms with van der Waals surface area (Å²) >= 11 is 0. The lowest BCUT2D eigenvalue weighted by Crippen LogP contribution is -2.34. The van der Waals surface area contributed by atoms with Crippen LogP contribution in [0.3, 0.4) is 0 Å². The van der Waals surface area contributed by atoms with Crippen LogP contribution in [0.15, 0.2) is 66.9 Å². The monoisotopic (exact) mass is 418 g/mol. The number of nitrogens with zero attached hydrogens (tertiary/aromatic N) is 3. The van der Waals surface area contributed by atoms with Gasteiger partial charge >= 0.3 is 6.09 Å². The molecule has 0 radical (unpaired) electrons. The van der Waals surface area contributed by atoms with Gasteiger partial charge in [-0.25, -0.2) is 14.7 Å². The van der Waals surface area contributed by atoms with E-state index in [4.69, 9.17) is 9.47 Å². The van der Waals surface area contributed by atoms with E-state index >= 15 is 0 Å². The predicted octanol–water partition coefficient (Wildman–Crippen LogP) is 5.13. The standard InChI is InChI=1S/C24H26N4O3/c1-16(17-8-6-5-7-9-17)26-22-25-15-14-20(27-22)28-21(24(2,3)31-23(28)29)18-10-12-19(30-4)13-11-18/h5-16,21H,1-4H3,(H,25,26,27)/t16-,21+/m0/s1. The lowest BCUT2D eigenvalue weighted by Gasteiger charge is -2.29. The van der Waals surface area contributed by atoms with Gasteiger partial charge in [0.1, 0.15) is 23.2 Å². The van der Waals surface area contributed by atoms with Crippen LogP contribution in [0.5, 0.6) is 5.75 Å². The molecular formula is C24H26N4O3. The normalized spacial score (nSPS) is 18.4. The van der Waals surface area contributed by atoms with E-state index in [1.807, 2.05) is 75.4 Å². The van der Waals surface area contributed by atoms with E-state index in [1.54, 1.807) is 24.3 Å². The predicted molar refractivity (Wildman–Crippen MR) is 119 cm³/mol. The molecule has 1 aliphatic rings. The second kappa shape index (κ2) is 8.26. The molecule has 0 saturated carbocycles. The Balaban J connectivity index is 1.65. The van der Waals surface area contributed by atoms with Gasteiger partial charge < -0.3 is 14.8 Å². The molecule has 1 aliphatic heterocycles. The van der Waals surface area contributed by atoms with Crippen molar-refractivity contribution in [3.63, 3.8) is 0 Å². The van der Waals surface area contributed by atoms with E-state index in [-0.39, 0.29) is 12.1 Å². The zero-order valence-electron chi connectivity index (χ0n) is 18.1. The van der Waals surface area contributed by atoms with Gasteiger partial charge in [0.15, 0.2) is 0 Å². The lowest BCUT2D eigenvalue weighted by molar-refractivity contribution is 0.0685. The Kier molecular flexibility index (Phi) is 5.50. The summed E-state index contributed by atoms with van der Waals surface area (Å²) in [7, 11) is 1.62. The molecule has 7 heteroatoms. The number of amides is 1. The molecule has 0 aliphatic carbocycles. The first-order valence-electron chi connectivity index (χ1n) is 10.2. The zero-order valence-corrected chi connectivity index (χ0v) is 18.1. The van der Waals surface area contributed by atoms with Gasteiger partial charge in [0.2, 0.25) is 5.95 Å². The summed E-state index contributed by atoms with van der Waals surface area (Å²) in [5.74, 6) is 1.68. The average molecular weight is 418 g/mol.